The summed E-state index contributed by atoms with van der Waals surface area (Å²) in [5.74, 6) is -0.377. The molecule has 1 aromatic carbocycles. The predicted molar refractivity (Wildman–Crippen MR) is 92.5 cm³/mol. The molecule has 1 saturated carbocycles. The van der Waals surface area contributed by atoms with Crippen molar-refractivity contribution < 1.29 is 14.5 Å². The number of hydrogen-bond donors (Lipinski definition) is 0. The Kier molecular flexibility index (Phi) is 5.38. The number of nitro benzene ring substituents is 1. The Morgan fingerprint density at radius 2 is 1.91 bits per heavy atom. The van der Waals surface area contributed by atoms with Crippen molar-refractivity contribution in [2.24, 2.45) is 0 Å². The molecule has 0 spiro atoms. The third-order valence-electron chi connectivity index (χ3n) is 5.33. The van der Waals surface area contributed by atoms with Gasteiger partial charge in [-0.2, -0.15) is 0 Å². The summed E-state index contributed by atoms with van der Waals surface area (Å²) < 4.78 is 6.05. The maximum atomic E-state index is 12.3. The molecule has 0 aromatic heterocycles. The number of esters is 1. The number of hydrogen-bond acceptors (Lipinski definition) is 4. The van der Waals surface area contributed by atoms with E-state index in [2.05, 4.69) is 21.7 Å². The number of carbonyl (C=O) groups excluding carboxylic acids is 1. The van der Waals surface area contributed by atoms with Gasteiger partial charge in [0, 0.05) is 0 Å². The van der Waals surface area contributed by atoms with Gasteiger partial charge in [-0.15, -0.1) is 0 Å². The summed E-state index contributed by atoms with van der Waals surface area (Å²) in [5, 5.41) is 10.7. The topological polar surface area (TPSA) is 69.4 Å². The second-order valence-corrected chi connectivity index (χ2v) is 24.0. The van der Waals surface area contributed by atoms with Gasteiger partial charge in [-0.3, -0.25) is 0 Å². The summed E-state index contributed by atoms with van der Waals surface area (Å²) >= 11 is -2.11. The number of rotatable bonds is 4. The molecule has 1 aliphatic rings. The van der Waals surface area contributed by atoms with Crippen molar-refractivity contribution in [3.05, 3.63) is 39.9 Å². The first kappa shape index (κ1) is 18.2. The van der Waals surface area contributed by atoms with E-state index in [9.17, 15) is 14.9 Å². The van der Waals surface area contributed by atoms with E-state index in [1.165, 1.54) is 30.7 Å². The Morgan fingerprint density at radius 1 is 1.30 bits per heavy atom. The van der Waals surface area contributed by atoms with Crippen molar-refractivity contribution in [3.8, 4) is 0 Å². The van der Waals surface area contributed by atoms with Crippen LogP contribution in [0.25, 0.3) is 0 Å². The molecule has 6 heteroatoms. The van der Waals surface area contributed by atoms with E-state index >= 15 is 0 Å². The van der Waals surface area contributed by atoms with Gasteiger partial charge >= 0.3 is 141 Å². The first-order valence-electron chi connectivity index (χ1n) is 8.08. The zero-order valence-electron chi connectivity index (χ0n) is 14.3. The SMILES string of the molecule is C[C@]1([Sn]([CH3])([CH3])[CH3])CCC[C@H](OC(=O)c2ccc([N+](=O)[O-])cc2)C1. The Bertz CT molecular complexity index is 594. The normalized spacial score (nSPS) is 25.0. The number of ether oxygens (including phenoxy) is 1. The molecule has 0 amide bonds. The molecule has 0 bridgehead atoms. The molecule has 0 radical (unpaired) electrons. The van der Waals surface area contributed by atoms with E-state index < -0.39 is 23.3 Å². The van der Waals surface area contributed by atoms with E-state index in [1.54, 1.807) is 0 Å². The van der Waals surface area contributed by atoms with Crippen LogP contribution in [-0.2, 0) is 4.74 Å². The van der Waals surface area contributed by atoms with E-state index in [-0.39, 0.29) is 17.8 Å². The zero-order valence-corrected chi connectivity index (χ0v) is 17.1. The van der Waals surface area contributed by atoms with Crippen molar-refractivity contribution in [2.45, 2.75) is 57.0 Å². The number of non-ortho nitro benzene ring substituents is 1. The Hall–Kier alpha value is -1.11. The molecule has 1 aromatic rings. The molecule has 0 N–H and O–H groups in total. The molecule has 126 valence electrons. The summed E-state index contributed by atoms with van der Waals surface area (Å²) in [7, 11) is 0. The van der Waals surface area contributed by atoms with E-state index in [0.29, 0.717) is 8.99 Å². The van der Waals surface area contributed by atoms with Gasteiger partial charge in [0.05, 0.1) is 0 Å². The van der Waals surface area contributed by atoms with Gasteiger partial charge in [0.1, 0.15) is 0 Å². The molecule has 0 aliphatic heterocycles. The van der Waals surface area contributed by atoms with Crippen molar-refractivity contribution in [3.63, 3.8) is 0 Å². The molecule has 5 nitrogen and oxygen atoms in total. The van der Waals surface area contributed by atoms with Crippen LogP contribution in [-0.4, -0.2) is 35.4 Å². The fourth-order valence-corrected chi connectivity index (χ4v) is 8.19. The van der Waals surface area contributed by atoms with Crippen LogP contribution in [0.5, 0.6) is 0 Å². The van der Waals surface area contributed by atoms with Crippen molar-refractivity contribution in [2.75, 3.05) is 0 Å². The monoisotopic (exact) mass is 427 g/mol. The summed E-state index contributed by atoms with van der Waals surface area (Å²) in [6.45, 7) is 2.36. The molecule has 1 fully saturated rings. The summed E-state index contributed by atoms with van der Waals surface area (Å²) in [6.07, 6.45) is 4.16. The average molecular weight is 426 g/mol. The molecule has 1 aliphatic carbocycles. The van der Waals surface area contributed by atoms with Gasteiger partial charge in [-0.1, -0.05) is 0 Å². The van der Waals surface area contributed by atoms with Gasteiger partial charge in [0.2, 0.25) is 0 Å². The van der Waals surface area contributed by atoms with Gasteiger partial charge in [-0.25, -0.2) is 0 Å². The number of nitro groups is 1. The quantitative estimate of drug-likeness (QED) is 0.301. The van der Waals surface area contributed by atoms with E-state index in [1.807, 2.05) is 0 Å². The molecular formula is C17H25NO4Sn. The Balaban J connectivity index is 2.04. The van der Waals surface area contributed by atoms with Gasteiger partial charge in [0.15, 0.2) is 0 Å². The molecule has 0 heterocycles. The van der Waals surface area contributed by atoms with Crippen LogP contribution in [0, 0.1) is 10.1 Å². The molecule has 23 heavy (non-hydrogen) atoms. The van der Waals surface area contributed by atoms with E-state index in [4.69, 9.17) is 4.74 Å². The summed E-state index contributed by atoms with van der Waals surface area (Å²) in [6, 6.07) is 5.61. The predicted octanol–water partition coefficient (Wildman–Crippen LogP) is 4.79. The van der Waals surface area contributed by atoms with Crippen LogP contribution < -0.4 is 0 Å². The van der Waals surface area contributed by atoms with Crippen LogP contribution in [0.15, 0.2) is 24.3 Å². The minimum absolute atomic E-state index is 0.0198. The second kappa shape index (κ2) is 6.79. The third kappa shape index (κ3) is 4.25. The number of nitrogens with zero attached hydrogens (tertiary/aromatic N) is 1. The van der Waals surface area contributed by atoms with Crippen LogP contribution in [0.4, 0.5) is 5.69 Å². The first-order valence-corrected chi connectivity index (χ1v) is 18.1. The van der Waals surface area contributed by atoms with Crippen molar-refractivity contribution in [1.29, 1.82) is 0 Å². The van der Waals surface area contributed by atoms with Crippen LogP contribution in [0.3, 0.4) is 0 Å². The fraction of sp³-hybridized carbons (Fsp3) is 0.588. The van der Waals surface area contributed by atoms with E-state index in [0.717, 1.165) is 19.3 Å². The summed E-state index contributed by atoms with van der Waals surface area (Å²) in [5.41, 5.74) is 0.357. The molecule has 2 atom stereocenters. The maximum absolute atomic E-state index is 12.3. The third-order valence-corrected chi connectivity index (χ3v) is 17.0. The average Bonchev–Trinajstić information content (AvgIpc) is 2.46. The number of benzene rings is 1. The van der Waals surface area contributed by atoms with Crippen LogP contribution in [0.2, 0.25) is 18.2 Å². The fourth-order valence-electron chi connectivity index (χ4n) is 3.15. The van der Waals surface area contributed by atoms with Crippen molar-refractivity contribution >= 4 is 30.0 Å². The molecule has 2 rings (SSSR count). The van der Waals surface area contributed by atoms with Crippen molar-refractivity contribution in [1.82, 2.24) is 0 Å². The van der Waals surface area contributed by atoms with Gasteiger partial charge in [-0.05, 0) is 0 Å². The van der Waals surface area contributed by atoms with Crippen LogP contribution in [0.1, 0.15) is 43.0 Å². The standard InChI is InChI=1S/C14H16NO4.3CH3.Sn/c1-10-3-2-4-13(9-10)19-14(16)11-5-7-12(8-6-11)15(17)18;;;;/h5-8,13H,2-4,9H2,1H3;3*1H3;/t13-;;;;/m0..../s1. The minimum atomic E-state index is -2.11. The van der Waals surface area contributed by atoms with Gasteiger partial charge < -0.3 is 0 Å². The molecular weight excluding hydrogens is 401 g/mol. The van der Waals surface area contributed by atoms with Gasteiger partial charge in [0.25, 0.3) is 0 Å². The number of carbonyl (C=O) groups is 1. The first-order chi connectivity index (χ1) is 10.6. The molecule has 0 unspecified atom stereocenters. The van der Waals surface area contributed by atoms with Crippen LogP contribution >= 0.6 is 0 Å². The second-order valence-electron chi connectivity index (χ2n) is 7.74. The Morgan fingerprint density at radius 3 is 2.43 bits per heavy atom. The summed E-state index contributed by atoms with van der Waals surface area (Å²) in [4.78, 5) is 29.8. The zero-order chi connectivity index (χ0) is 17.3. The molecule has 0 saturated heterocycles. The Labute approximate surface area is 141 Å².